The lowest BCUT2D eigenvalue weighted by Gasteiger charge is -2.52. The summed E-state index contributed by atoms with van der Waals surface area (Å²) in [5.41, 5.74) is -0.0909. The van der Waals surface area contributed by atoms with Crippen LogP contribution in [0.2, 0.25) is 10.0 Å². The molecule has 7 nitrogen and oxygen atoms in total. The van der Waals surface area contributed by atoms with Crippen LogP contribution in [0, 0.1) is 11.2 Å². The van der Waals surface area contributed by atoms with Crippen molar-refractivity contribution in [2.75, 3.05) is 19.3 Å². The van der Waals surface area contributed by atoms with E-state index in [1.54, 1.807) is 49.1 Å². The van der Waals surface area contributed by atoms with Crippen LogP contribution < -0.4 is 0 Å². The highest BCUT2D eigenvalue weighted by Gasteiger charge is 2.52. The van der Waals surface area contributed by atoms with Crippen molar-refractivity contribution in [3.63, 3.8) is 0 Å². The zero-order valence-electron chi connectivity index (χ0n) is 21.8. The van der Waals surface area contributed by atoms with Gasteiger partial charge in [-0.15, -0.1) is 0 Å². The highest BCUT2D eigenvalue weighted by atomic mass is 35.5. The summed E-state index contributed by atoms with van der Waals surface area (Å²) in [6.07, 6.45) is 0.0924. The number of nitrogens with zero attached hydrogens (tertiary/aromatic N) is 2. The summed E-state index contributed by atoms with van der Waals surface area (Å²) in [5.74, 6) is -2.72. The van der Waals surface area contributed by atoms with Crippen LogP contribution >= 0.6 is 23.2 Å². The number of hydrogen-bond donors (Lipinski definition) is 1. The Kier molecular flexibility index (Phi) is 9.50. The van der Waals surface area contributed by atoms with Crippen LogP contribution in [-0.4, -0.2) is 60.0 Å². The van der Waals surface area contributed by atoms with Gasteiger partial charge in [0.25, 0.3) is 0 Å². The number of carbonyl (C=O) groups excluding carboxylic acids is 1. The van der Waals surface area contributed by atoms with E-state index in [2.05, 4.69) is 0 Å². The molecule has 3 rings (SSSR count). The molecule has 1 aliphatic rings. The van der Waals surface area contributed by atoms with Gasteiger partial charge in [-0.1, -0.05) is 49.2 Å². The summed E-state index contributed by atoms with van der Waals surface area (Å²) >= 11 is 12.4. The standard InChI is InChI=1S/C27H33Cl2FN2O5S/c1-5-22(16-31(4)38(36,37)6-2)32-25(17-7-9-19(28)10-8-17)23(18-11-20(29)13-21(30)12-18)14-27(3,26(32)35)15-24(33)34/h7-13,22-23,25H,5-6,14-16H2,1-4H3,(H,33,34). The first-order valence-electron chi connectivity index (χ1n) is 12.4. The summed E-state index contributed by atoms with van der Waals surface area (Å²) in [7, 11) is -2.09. The second kappa shape index (κ2) is 11.9. The zero-order chi connectivity index (χ0) is 28.4. The number of likely N-dealkylation sites (tertiary alicyclic amines) is 1. The predicted octanol–water partition coefficient (Wildman–Crippen LogP) is 5.73. The number of sulfonamides is 1. The molecular formula is C27H33Cl2FN2O5S. The minimum atomic E-state index is -3.56. The van der Waals surface area contributed by atoms with Gasteiger partial charge >= 0.3 is 5.97 Å². The summed E-state index contributed by atoms with van der Waals surface area (Å²) < 4.78 is 41.0. The average molecular weight is 588 g/mol. The fourth-order valence-corrected chi connectivity index (χ4v) is 6.57. The number of carboxylic acid groups (broad SMARTS) is 1. The number of rotatable bonds is 10. The van der Waals surface area contributed by atoms with Crippen molar-refractivity contribution in [2.24, 2.45) is 5.41 Å². The molecule has 1 heterocycles. The number of hydrogen-bond acceptors (Lipinski definition) is 4. The molecular weight excluding hydrogens is 554 g/mol. The summed E-state index contributed by atoms with van der Waals surface area (Å²) in [6.45, 7) is 5.01. The van der Waals surface area contributed by atoms with Gasteiger partial charge in [-0.2, -0.15) is 0 Å². The molecule has 0 radical (unpaired) electrons. The van der Waals surface area contributed by atoms with Crippen LogP contribution in [0.3, 0.4) is 0 Å². The van der Waals surface area contributed by atoms with E-state index in [-0.39, 0.29) is 23.7 Å². The first-order valence-corrected chi connectivity index (χ1v) is 14.8. The lowest BCUT2D eigenvalue weighted by Crippen LogP contribution is -2.58. The minimum Gasteiger partial charge on any atom is -0.481 e. The Labute approximate surface area is 233 Å². The van der Waals surface area contributed by atoms with Gasteiger partial charge in [-0.05, 0) is 61.2 Å². The van der Waals surface area contributed by atoms with Gasteiger partial charge in [0.15, 0.2) is 0 Å². The van der Waals surface area contributed by atoms with E-state index in [0.29, 0.717) is 22.6 Å². The van der Waals surface area contributed by atoms with Crippen molar-refractivity contribution < 1.29 is 27.5 Å². The Morgan fingerprint density at radius 2 is 1.79 bits per heavy atom. The van der Waals surface area contributed by atoms with Gasteiger partial charge in [-0.25, -0.2) is 17.1 Å². The highest BCUT2D eigenvalue weighted by molar-refractivity contribution is 7.89. The van der Waals surface area contributed by atoms with Gasteiger partial charge in [0.2, 0.25) is 15.9 Å². The van der Waals surface area contributed by atoms with E-state index in [1.165, 1.54) is 23.5 Å². The fraction of sp³-hybridized carbons (Fsp3) is 0.481. The predicted molar refractivity (Wildman–Crippen MR) is 146 cm³/mol. The second-order valence-electron chi connectivity index (χ2n) is 10.1. The van der Waals surface area contributed by atoms with Crippen LogP contribution in [0.5, 0.6) is 0 Å². The Morgan fingerprint density at radius 1 is 1.16 bits per heavy atom. The normalized spacial score (nSPS) is 23.1. The van der Waals surface area contributed by atoms with Crippen molar-refractivity contribution in [2.45, 2.75) is 58.0 Å². The van der Waals surface area contributed by atoms with Gasteiger partial charge < -0.3 is 10.0 Å². The van der Waals surface area contributed by atoms with E-state index in [0.717, 1.165) is 0 Å². The largest absolute Gasteiger partial charge is 0.481 e. The fourth-order valence-electron chi connectivity index (χ4n) is 5.38. The molecule has 2 aromatic carbocycles. The molecule has 4 atom stereocenters. The van der Waals surface area contributed by atoms with E-state index in [1.807, 2.05) is 6.92 Å². The third kappa shape index (κ3) is 6.50. The maximum atomic E-state index is 14.6. The third-order valence-electron chi connectivity index (χ3n) is 7.34. The Balaban J connectivity index is 2.26. The molecule has 208 valence electrons. The molecule has 1 saturated heterocycles. The highest BCUT2D eigenvalue weighted by Crippen LogP contribution is 2.52. The Morgan fingerprint density at radius 3 is 2.32 bits per heavy atom. The molecule has 0 saturated carbocycles. The molecule has 4 unspecified atom stereocenters. The number of likely N-dealkylation sites (N-methyl/N-ethyl adjacent to an activating group) is 1. The Bertz CT molecular complexity index is 1270. The molecule has 38 heavy (non-hydrogen) atoms. The van der Waals surface area contributed by atoms with Crippen LogP contribution in [0.15, 0.2) is 42.5 Å². The maximum absolute atomic E-state index is 14.6. The van der Waals surface area contributed by atoms with Crippen LogP contribution in [-0.2, 0) is 19.6 Å². The molecule has 0 aromatic heterocycles. The number of aliphatic carboxylic acids is 1. The number of benzene rings is 2. The van der Waals surface area contributed by atoms with Crippen LogP contribution in [0.25, 0.3) is 0 Å². The van der Waals surface area contributed by atoms with Crippen LogP contribution in [0.1, 0.15) is 63.1 Å². The Hall–Kier alpha value is -2.20. The SMILES string of the molecule is CCC(CN(C)S(=O)(=O)CC)N1C(=O)C(C)(CC(=O)O)CC(c2cc(F)cc(Cl)c2)C1c1ccc(Cl)cc1. The first-order chi connectivity index (χ1) is 17.7. The molecule has 1 N–H and O–H groups in total. The van der Waals surface area contributed by atoms with Gasteiger partial charge in [0.05, 0.1) is 23.6 Å². The number of piperidine rings is 1. The lowest BCUT2D eigenvalue weighted by molar-refractivity contribution is -0.160. The van der Waals surface area contributed by atoms with E-state index in [4.69, 9.17) is 23.2 Å². The quantitative estimate of drug-likeness (QED) is 0.383. The van der Waals surface area contributed by atoms with Crippen molar-refractivity contribution in [3.05, 3.63) is 69.5 Å². The third-order valence-corrected chi connectivity index (χ3v) is 9.64. The van der Waals surface area contributed by atoms with Gasteiger partial charge in [0, 0.05) is 35.6 Å². The summed E-state index contributed by atoms with van der Waals surface area (Å²) in [6, 6.07) is 9.86. The molecule has 0 bridgehead atoms. The molecule has 1 aliphatic heterocycles. The minimum absolute atomic E-state index is 0.0162. The molecule has 0 aliphatic carbocycles. The van der Waals surface area contributed by atoms with Gasteiger partial charge in [0.1, 0.15) is 5.82 Å². The number of amides is 1. The van der Waals surface area contributed by atoms with Crippen molar-refractivity contribution >= 4 is 45.1 Å². The molecule has 1 fully saturated rings. The monoisotopic (exact) mass is 586 g/mol. The van der Waals surface area contributed by atoms with Crippen LogP contribution in [0.4, 0.5) is 4.39 Å². The lowest BCUT2D eigenvalue weighted by atomic mass is 9.67. The molecule has 2 aromatic rings. The second-order valence-corrected chi connectivity index (χ2v) is 13.3. The van der Waals surface area contributed by atoms with E-state index < -0.39 is 57.6 Å². The number of carbonyl (C=O) groups is 2. The van der Waals surface area contributed by atoms with Gasteiger partial charge in [-0.3, -0.25) is 9.59 Å². The average Bonchev–Trinajstić information content (AvgIpc) is 2.83. The van der Waals surface area contributed by atoms with Crippen molar-refractivity contribution in [1.82, 2.24) is 9.21 Å². The smallest absolute Gasteiger partial charge is 0.304 e. The number of carboxylic acids is 1. The van der Waals surface area contributed by atoms with E-state index >= 15 is 0 Å². The zero-order valence-corrected chi connectivity index (χ0v) is 24.2. The topological polar surface area (TPSA) is 95.0 Å². The van der Waals surface area contributed by atoms with Crippen molar-refractivity contribution in [1.29, 1.82) is 0 Å². The summed E-state index contributed by atoms with van der Waals surface area (Å²) in [4.78, 5) is 27.7. The number of halogens is 3. The molecule has 11 heteroatoms. The summed E-state index contributed by atoms with van der Waals surface area (Å²) in [5, 5.41) is 10.4. The molecule has 1 amide bonds. The van der Waals surface area contributed by atoms with Crippen molar-refractivity contribution in [3.8, 4) is 0 Å². The first kappa shape index (κ1) is 30.3. The van der Waals surface area contributed by atoms with E-state index in [9.17, 15) is 27.5 Å². The molecule has 0 spiro atoms. The maximum Gasteiger partial charge on any atom is 0.304 e.